The number of halogens is 3. The van der Waals surface area contributed by atoms with Gasteiger partial charge in [0.1, 0.15) is 0 Å². The first-order valence-corrected chi connectivity index (χ1v) is 6.25. The Balaban J connectivity index is 2.31. The van der Waals surface area contributed by atoms with E-state index in [1.54, 1.807) is 31.3 Å². The van der Waals surface area contributed by atoms with Gasteiger partial charge in [0.2, 0.25) is 0 Å². The molecule has 0 bridgehead atoms. The van der Waals surface area contributed by atoms with Crippen LogP contribution in [-0.4, -0.2) is 9.55 Å². The van der Waals surface area contributed by atoms with Crippen LogP contribution in [-0.2, 0) is 13.2 Å². The van der Waals surface area contributed by atoms with Crippen LogP contribution in [0.3, 0.4) is 0 Å². The SMILES string of the molecule is Cn1c(-c2cc(N)ccn2)cc2cccc(C(F)(F)F)c21. The normalized spacial score (nSPS) is 12.0. The molecule has 0 fully saturated rings. The van der Waals surface area contributed by atoms with Gasteiger partial charge in [0, 0.05) is 24.3 Å². The Labute approximate surface area is 118 Å². The van der Waals surface area contributed by atoms with E-state index in [-0.39, 0.29) is 5.52 Å². The van der Waals surface area contributed by atoms with Gasteiger partial charge in [0.15, 0.2) is 0 Å². The molecule has 0 amide bonds. The van der Waals surface area contributed by atoms with Gasteiger partial charge >= 0.3 is 6.18 Å². The number of anilines is 1. The van der Waals surface area contributed by atoms with Crippen LogP contribution >= 0.6 is 0 Å². The molecule has 3 nitrogen and oxygen atoms in total. The number of alkyl halides is 3. The van der Waals surface area contributed by atoms with Crippen LogP contribution in [0.25, 0.3) is 22.3 Å². The summed E-state index contributed by atoms with van der Waals surface area (Å²) in [7, 11) is 1.60. The maximum Gasteiger partial charge on any atom is 0.418 e. The lowest BCUT2D eigenvalue weighted by Crippen LogP contribution is -2.07. The molecule has 2 N–H and O–H groups in total. The number of benzene rings is 1. The molecular weight excluding hydrogens is 279 g/mol. The van der Waals surface area contributed by atoms with E-state index in [1.165, 1.54) is 16.8 Å². The van der Waals surface area contributed by atoms with Crippen LogP contribution in [0.2, 0.25) is 0 Å². The molecule has 6 heteroatoms. The number of nitrogens with zero attached hydrogens (tertiary/aromatic N) is 2. The number of rotatable bonds is 1. The third kappa shape index (κ3) is 2.22. The van der Waals surface area contributed by atoms with Crippen molar-refractivity contribution in [3.8, 4) is 11.4 Å². The summed E-state index contributed by atoms with van der Waals surface area (Å²) in [5.74, 6) is 0. The van der Waals surface area contributed by atoms with Gasteiger partial charge in [-0.25, -0.2) is 0 Å². The maximum absolute atomic E-state index is 13.1. The Morgan fingerprint density at radius 1 is 1.14 bits per heavy atom. The lowest BCUT2D eigenvalue weighted by molar-refractivity contribution is -0.136. The van der Waals surface area contributed by atoms with E-state index in [0.717, 1.165) is 6.07 Å². The highest BCUT2D eigenvalue weighted by atomic mass is 19.4. The molecule has 0 aliphatic carbocycles. The van der Waals surface area contributed by atoms with E-state index >= 15 is 0 Å². The number of para-hydroxylation sites is 1. The Hall–Kier alpha value is -2.50. The molecule has 21 heavy (non-hydrogen) atoms. The Morgan fingerprint density at radius 2 is 1.90 bits per heavy atom. The summed E-state index contributed by atoms with van der Waals surface area (Å²) >= 11 is 0. The Bertz CT molecular complexity index is 819. The second-order valence-corrected chi connectivity index (χ2v) is 4.80. The van der Waals surface area contributed by atoms with Crippen LogP contribution < -0.4 is 5.73 Å². The number of aromatic nitrogens is 2. The van der Waals surface area contributed by atoms with Crippen molar-refractivity contribution in [2.45, 2.75) is 6.18 Å². The maximum atomic E-state index is 13.1. The third-order valence-electron chi connectivity index (χ3n) is 3.41. The van der Waals surface area contributed by atoms with Gasteiger partial charge in [-0.15, -0.1) is 0 Å². The van der Waals surface area contributed by atoms with Gasteiger partial charge in [-0.3, -0.25) is 4.98 Å². The fourth-order valence-corrected chi connectivity index (χ4v) is 2.48. The van der Waals surface area contributed by atoms with Crippen molar-refractivity contribution in [1.29, 1.82) is 0 Å². The van der Waals surface area contributed by atoms with Crippen molar-refractivity contribution >= 4 is 16.6 Å². The molecule has 0 aliphatic heterocycles. The van der Waals surface area contributed by atoms with Crippen molar-refractivity contribution < 1.29 is 13.2 Å². The Morgan fingerprint density at radius 3 is 2.57 bits per heavy atom. The molecule has 0 spiro atoms. The number of fused-ring (bicyclic) bond motifs is 1. The average Bonchev–Trinajstić information content (AvgIpc) is 2.75. The highest BCUT2D eigenvalue weighted by Gasteiger charge is 2.33. The minimum absolute atomic E-state index is 0.143. The lowest BCUT2D eigenvalue weighted by Gasteiger charge is -2.11. The molecule has 0 radical (unpaired) electrons. The minimum Gasteiger partial charge on any atom is -0.399 e. The fourth-order valence-electron chi connectivity index (χ4n) is 2.48. The standard InChI is InChI=1S/C15H12F3N3/c1-21-13(12-8-10(19)5-6-20-12)7-9-3-2-4-11(14(9)21)15(16,17)18/h2-8H,1H3,(H2,19,20). The summed E-state index contributed by atoms with van der Waals surface area (Å²) in [6.07, 6.45) is -2.86. The quantitative estimate of drug-likeness (QED) is 0.740. The van der Waals surface area contributed by atoms with E-state index in [2.05, 4.69) is 4.98 Å². The molecule has 0 atom stereocenters. The molecule has 0 unspecified atom stereocenters. The first-order chi connectivity index (χ1) is 9.88. The predicted octanol–water partition coefficient (Wildman–Crippen LogP) is 3.84. The number of nitrogen functional groups attached to an aromatic ring is 1. The molecule has 3 rings (SSSR count). The van der Waals surface area contributed by atoms with Crippen LogP contribution in [0.15, 0.2) is 42.6 Å². The number of pyridine rings is 1. The van der Waals surface area contributed by atoms with Crippen molar-refractivity contribution in [3.05, 3.63) is 48.2 Å². The molecule has 2 aromatic heterocycles. The lowest BCUT2D eigenvalue weighted by atomic mass is 10.1. The molecule has 0 aliphatic rings. The van der Waals surface area contributed by atoms with Gasteiger partial charge in [0.05, 0.1) is 22.5 Å². The van der Waals surface area contributed by atoms with Crippen molar-refractivity contribution in [1.82, 2.24) is 9.55 Å². The predicted molar refractivity (Wildman–Crippen MR) is 75.6 cm³/mol. The second kappa shape index (κ2) is 4.51. The first-order valence-electron chi connectivity index (χ1n) is 6.25. The average molecular weight is 291 g/mol. The van der Waals surface area contributed by atoms with Gasteiger partial charge in [-0.2, -0.15) is 13.2 Å². The van der Waals surface area contributed by atoms with Crippen LogP contribution in [0.5, 0.6) is 0 Å². The first kappa shape index (κ1) is 13.5. The fraction of sp³-hybridized carbons (Fsp3) is 0.133. The van der Waals surface area contributed by atoms with Gasteiger partial charge in [-0.05, 0) is 24.3 Å². The van der Waals surface area contributed by atoms with E-state index in [9.17, 15) is 13.2 Å². The van der Waals surface area contributed by atoms with E-state index in [1.807, 2.05) is 0 Å². The summed E-state index contributed by atoms with van der Waals surface area (Å²) < 4.78 is 40.9. The summed E-state index contributed by atoms with van der Waals surface area (Å²) in [4.78, 5) is 4.18. The monoisotopic (exact) mass is 291 g/mol. The minimum atomic E-state index is -4.40. The smallest absolute Gasteiger partial charge is 0.399 e. The number of nitrogens with two attached hydrogens (primary N) is 1. The molecule has 0 saturated carbocycles. The number of hydrogen-bond donors (Lipinski definition) is 1. The van der Waals surface area contributed by atoms with Gasteiger partial charge < -0.3 is 10.3 Å². The summed E-state index contributed by atoms with van der Waals surface area (Å²) in [5, 5.41) is 0.520. The van der Waals surface area contributed by atoms with E-state index < -0.39 is 11.7 Å². The van der Waals surface area contributed by atoms with Crippen molar-refractivity contribution in [2.24, 2.45) is 7.05 Å². The zero-order valence-electron chi connectivity index (χ0n) is 11.1. The molecule has 2 heterocycles. The zero-order valence-corrected chi connectivity index (χ0v) is 11.1. The third-order valence-corrected chi connectivity index (χ3v) is 3.41. The van der Waals surface area contributed by atoms with Crippen LogP contribution in [0, 0.1) is 0 Å². The van der Waals surface area contributed by atoms with E-state index in [0.29, 0.717) is 22.5 Å². The largest absolute Gasteiger partial charge is 0.418 e. The van der Waals surface area contributed by atoms with Gasteiger partial charge in [0.25, 0.3) is 0 Å². The highest BCUT2D eigenvalue weighted by molar-refractivity contribution is 5.89. The molecule has 3 aromatic rings. The Kier molecular flexibility index (Phi) is 2.90. The number of hydrogen-bond acceptors (Lipinski definition) is 2. The molecule has 108 valence electrons. The van der Waals surface area contributed by atoms with E-state index in [4.69, 9.17) is 5.73 Å². The highest BCUT2D eigenvalue weighted by Crippen LogP contribution is 2.37. The zero-order chi connectivity index (χ0) is 15.2. The molecular formula is C15H12F3N3. The van der Waals surface area contributed by atoms with Crippen molar-refractivity contribution in [2.75, 3.05) is 5.73 Å². The summed E-state index contributed by atoms with van der Waals surface area (Å²) in [6, 6.07) is 9.10. The van der Waals surface area contributed by atoms with Crippen LogP contribution in [0.1, 0.15) is 5.56 Å². The molecule has 0 saturated heterocycles. The van der Waals surface area contributed by atoms with Gasteiger partial charge in [-0.1, -0.05) is 12.1 Å². The second-order valence-electron chi connectivity index (χ2n) is 4.80. The van der Waals surface area contributed by atoms with Crippen LogP contribution in [0.4, 0.5) is 18.9 Å². The number of aryl methyl sites for hydroxylation is 1. The van der Waals surface area contributed by atoms with Crippen molar-refractivity contribution in [3.63, 3.8) is 0 Å². The molecule has 1 aromatic carbocycles. The topological polar surface area (TPSA) is 43.8 Å². The summed E-state index contributed by atoms with van der Waals surface area (Å²) in [6.45, 7) is 0. The summed E-state index contributed by atoms with van der Waals surface area (Å²) in [5.41, 5.74) is 6.85.